The standard InChI is InChI=1S/C9H17NO5S/c1-6(2)16(14,15)5-7(11)10-9(3,4)8(12)13/h6H,5H2,1-4H3,(H,10,11)(H,12,13). The minimum atomic E-state index is -3.50. The maximum absolute atomic E-state index is 11.4. The van der Waals surface area contributed by atoms with E-state index in [0.717, 1.165) is 0 Å². The van der Waals surface area contributed by atoms with Gasteiger partial charge in [0.25, 0.3) is 0 Å². The van der Waals surface area contributed by atoms with Crippen LogP contribution in [0.1, 0.15) is 27.7 Å². The van der Waals surface area contributed by atoms with Gasteiger partial charge in [-0.1, -0.05) is 0 Å². The Balaban J connectivity index is 4.60. The van der Waals surface area contributed by atoms with Crippen molar-refractivity contribution in [3.05, 3.63) is 0 Å². The number of hydrogen-bond acceptors (Lipinski definition) is 4. The first kappa shape index (κ1) is 14.9. The van der Waals surface area contributed by atoms with E-state index in [0.29, 0.717) is 0 Å². The molecule has 94 valence electrons. The van der Waals surface area contributed by atoms with Crippen molar-refractivity contribution in [2.24, 2.45) is 0 Å². The fraction of sp³-hybridized carbons (Fsp3) is 0.778. The summed E-state index contributed by atoms with van der Waals surface area (Å²) < 4.78 is 22.8. The Hall–Kier alpha value is -1.11. The van der Waals surface area contributed by atoms with Crippen molar-refractivity contribution in [1.82, 2.24) is 5.32 Å². The molecule has 16 heavy (non-hydrogen) atoms. The van der Waals surface area contributed by atoms with E-state index in [2.05, 4.69) is 5.32 Å². The van der Waals surface area contributed by atoms with Crippen molar-refractivity contribution in [1.29, 1.82) is 0 Å². The second-order valence-electron chi connectivity index (χ2n) is 4.33. The molecule has 0 heterocycles. The molecule has 0 saturated carbocycles. The molecule has 0 spiro atoms. The van der Waals surface area contributed by atoms with Crippen LogP contribution in [-0.2, 0) is 19.4 Å². The van der Waals surface area contributed by atoms with Crippen LogP contribution in [0.3, 0.4) is 0 Å². The van der Waals surface area contributed by atoms with Gasteiger partial charge in [-0.3, -0.25) is 4.79 Å². The number of carboxylic acids is 1. The Kier molecular flexibility index (Phi) is 4.48. The number of carbonyl (C=O) groups is 2. The third-order valence-electron chi connectivity index (χ3n) is 2.04. The zero-order valence-corrected chi connectivity index (χ0v) is 10.6. The molecular weight excluding hydrogens is 234 g/mol. The van der Waals surface area contributed by atoms with Crippen molar-refractivity contribution in [2.45, 2.75) is 38.5 Å². The summed E-state index contributed by atoms with van der Waals surface area (Å²) in [6, 6.07) is 0. The maximum Gasteiger partial charge on any atom is 0.328 e. The monoisotopic (exact) mass is 251 g/mol. The van der Waals surface area contributed by atoms with E-state index < -0.39 is 38.3 Å². The van der Waals surface area contributed by atoms with Crippen LogP contribution in [0.5, 0.6) is 0 Å². The lowest BCUT2D eigenvalue weighted by atomic mass is 10.1. The highest BCUT2D eigenvalue weighted by molar-refractivity contribution is 7.92. The summed E-state index contributed by atoms with van der Waals surface area (Å²) in [4.78, 5) is 22.0. The fourth-order valence-corrected chi connectivity index (χ4v) is 1.56. The summed E-state index contributed by atoms with van der Waals surface area (Å²) in [6.45, 7) is 5.50. The normalized spacial score (nSPS) is 12.6. The number of nitrogens with one attached hydrogen (secondary N) is 1. The third kappa shape index (κ3) is 4.18. The lowest BCUT2D eigenvalue weighted by Crippen LogP contribution is -2.51. The first-order valence-corrected chi connectivity index (χ1v) is 6.46. The number of sulfone groups is 1. The van der Waals surface area contributed by atoms with Crippen molar-refractivity contribution in [3.63, 3.8) is 0 Å². The van der Waals surface area contributed by atoms with Crippen LogP contribution in [0.15, 0.2) is 0 Å². The van der Waals surface area contributed by atoms with Gasteiger partial charge in [0.1, 0.15) is 11.3 Å². The molecule has 0 unspecified atom stereocenters. The summed E-state index contributed by atoms with van der Waals surface area (Å²) in [5.41, 5.74) is -1.47. The van der Waals surface area contributed by atoms with Gasteiger partial charge < -0.3 is 10.4 Å². The number of carbonyl (C=O) groups excluding carboxylic acids is 1. The Morgan fingerprint density at radius 1 is 1.31 bits per heavy atom. The predicted molar refractivity (Wildman–Crippen MR) is 58.8 cm³/mol. The predicted octanol–water partition coefficient (Wildman–Crippen LogP) is -0.211. The molecule has 0 aliphatic rings. The van der Waals surface area contributed by atoms with Crippen LogP contribution < -0.4 is 5.32 Å². The van der Waals surface area contributed by atoms with Crippen molar-refractivity contribution >= 4 is 21.7 Å². The number of rotatable bonds is 5. The molecule has 2 N–H and O–H groups in total. The second kappa shape index (κ2) is 4.82. The van der Waals surface area contributed by atoms with Gasteiger partial charge in [0.05, 0.1) is 5.25 Å². The zero-order chi connectivity index (χ0) is 13.1. The molecule has 0 aliphatic carbocycles. The molecular formula is C9H17NO5S. The van der Waals surface area contributed by atoms with E-state index in [1.54, 1.807) is 0 Å². The number of aliphatic carboxylic acids is 1. The Morgan fingerprint density at radius 3 is 2.06 bits per heavy atom. The molecule has 0 aromatic heterocycles. The Morgan fingerprint density at radius 2 is 1.75 bits per heavy atom. The maximum atomic E-state index is 11.4. The molecule has 0 fully saturated rings. The topological polar surface area (TPSA) is 101 Å². The molecule has 0 rings (SSSR count). The van der Waals surface area contributed by atoms with Gasteiger partial charge in [-0.2, -0.15) is 0 Å². The SMILES string of the molecule is CC(C)S(=O)(=O)CC(=O)NC(C)(C)C(=O)O. The molecule has 0 saturated heterocycles. The number of hydrogen-bond donors (Lipinski definition) is 2. The first-order valence-electron chi connectivity index (χ1n) is 4.75. The summed E-state index contributed by atoms with van der Waals surface area (Å²) in [7, 11) is -3.50. The molecule has 0 aromatic carbocycles. The minimum Gasteiger partial charge on any atom is -0.480 e. The van der Waals surface area contributed by atoms with E-state index >= 15 is 0 Å². The van der Waals surface area contributed by atoms with Crippen LogP contribution in [0.4, 0.5) is 0 Å². The molecule has 0 aliphatic heterocycles. The van der Waals surface area contributed by atoms with Gasteiger partial charge in [0, 0.05) is 0 Å². The van der Waals surface area contributed by atoms with E-state index in [1.165, 1.54) is 27.7 Å². The first-order chi connectivity index (χ1) is 6.99. The van der Waals surface area contributed by atoms with Gasteiger partial charge >= 0.3 is 5.97 Å². The molecule has 0 aromatic rings. The van der Waals surface area contributed by atoms with Crippen molar-refractivity contribution in [3.8, 4) is 0 Å². The van der Waals surface area contributed by atoms with E-state index in [1.807, 2.05) is 0 Å². The third-order valence-corrected chi connectivity index (χ3v) is 4.14. The lowest BCUT2D eigenvalue weighted by Gasteiger charge is -2.21. The molecule has 0 radical (unpaired) electrons. The molecule has 7 heteroatoms. The van der Waals surface area contributed by atoms with Crippen LogP contribution in [-0.4, -0.2) is 41.9 Å². The number of amides is 1. The van der Waals surface area contributed by atoms with E-state index in [-0.39, 0.29) is 0 Å². The molecule has 1 amide bonds. The van der Waals surface area contributed by atoms with Crippen molar-refractivity contribution < 1.29 is 23.1 Å². The van der Waals surface area contributed by atoms with E-state index in [9.17, 15) is 18.0 Å². The Bertz CT molecular complexity index is 383. The van der Waals surface area contributed by atoms with Gasteiger partial charge in [0.2, 0.25) is 5.91 Å². The summed E-state index contributed by atoms with van der Waals surface area (Å²) >= 11 is 0. The van der Waals surface area contributed by atoms with Crippen LogP contribution in [0.25, 0.3) is 0 Å². The summed E-state index contributed by atoms with van der Waals surface area (Å²) in [5.74, 6) is -2.72. The van der Waals surface area contributed by atoms with Crippen LogP contribution in [0.2, 0.25) is 0 Å². The quantitative estimate of drug-likeness (QED) is 0.704. The highest BCUT2D eigenvalue weighted by Crippen LogP contribution is 2.04. The van der Waals surface area contributed by atoms with Crippen LogP contribution >= 0.6 is 0 Å². The summed E-state index contributed by atoms with van der Waals surface area (Å²) in [5, 5.41) is 10.2. The largest absolute Gasteiger partial charge is 0.480 e. The van der Waals surface area contributed by atoms with Crippen molar-refractivity contribution in [2.75, 3.05) is 5.75 Å². The van der Waals surface area contributed by atoms with Gasteiger partial charge in [-0.05, 0) is 27.7 Å². The van der Waals surface area contributed by atoms with E-state index in [4.69, 9.17) is 5.11 Å². The van der Waals surface area contributed by atoms with Gasteiger partial charge in [-0.25, -0.2) is 13.2 Å². The highest BCUT2D eigenvalue weighted by atomic mass is 32.2. The number of carboxylic acid groups (broad SMARTS) is 1. The smallest absolute Gasteiger partial charge is 0.328 e. The fourth-order valence-electron chi connectivity index (χ4n) is 0.787. The average molecular weight is 251 g/mol. The van der Waals surface area contributed by atoms with Gasteiger partial charge in [0.15, 0.2) is 9.84 Å². The average Bonchev–Trinajstić information content (AvgIpc) is 2.00. The second-order valence-corrected chi connectivity index (χ2v) is 6.89. The zero-order valence-electron chi connectivity index (χ0n) is 9.77. The molecule has 0 bridgehead atoms. The van der Waals surface area contributed by atoms with Gasteiger partial charge in [-0.15, -0.1) is 0 Å². The van der Waals surface area contributed by atoms with Crippen LogP contribution in [0, 0.1) is 0 Å². The molecule has 6 nitrogen and oxygen atoms in total. The lowest BCUT2D eigenvalue weighted by molar-refractivity contribution is -0.145. The summed E-state index contributed by atoms with van der Waals surface area (Å²) in [6.07, 6.45) is 0. The highest BCUT2D eigenvalue weighted by Gasteiger charge is 2.31. The minimum absolute atomic E-state index is 0.661. The molecule has 0 atom stereocenters. The Labute approximate surface area is 95.0 Å².